The Bertz CT molecular complexity index is 557. The smallest absolute Gasteiger partial charge is 0.109 e. The molecule has 102 valence electrons. The number of nitrogens with zero attached hydrogens (tertiary/aromatic N) is 1. The van der Waals surface area contributed by atoms with E-state index >= 15 is 0 Å². The van der Waals surface area contributed by atoms with Gasteiger partial charge in [-0.3, -0.25) is 4.98 Å². The van der Waals surface area contributed by atoms with Gasteiger partial charge in [0.25, 0.3) is 0 Å². The zero-order chi connectivity index (χ0) is 13.5. The van der Waals surface area contributed by atoms with Crippen molar-refractivity contribution in [2.45, 2.75) is 46.2 Å². The number of hydrogen-bond acceptors (Lipinski definition) is 4. The molecule has 1 N–H and O–H groups in total. The quantitative estimate of drug-likeness (QED) is 0.925. The van der Waals surface area contributed by atoms with E-state index in [4.69, 9.17) is 4.42 Å². The van der Waals surface area contributed by atoms with Crippen molar-refractivity contribution in [1.82, 2.24) is 10.3 Å². The van der Waals surface area contributed by atoms with Crippen LogP contribution in [-0.2, 0) is 13.0 Å². The lowest BCUT2D eigenvalue weighted by molar-refractivity contribution is 0.234. The minimum atomic E-state index is 0.294. The Kier molecular flexibility index (Phi) is 3.23. The van der Waals surface area contributed by atoms with E-state index in [1.807, 2.05) is 18.6 Å². The lowest BCUT2D eigenvalue weighted by atomic mass is 9.75. The van der Waals surface area contributed by atoms with Crippen LogP contribution in [0.2, 0.25) is 0 Å². The minimum absolute atomic E-state index is 0.294. The van der Waals surface area contributed by atoms with Gasteiger partial charge in [-0.1, -0.05) is 13.8 Å². The maximum Gasteiger partial charge on any atom is 0.109 e. The van der Waals surface area contributed by atoms with Crippen molar-refractivity contribution in [3.05, 3.63) is 39.7 Å². The van der Waals surface area contributed by atoms with Crippen LogP contribution < -0.4 is 5.32 Å². The molecule has 0 bridgehead atoms. The van der Waals surface area contributed by atoms with E-state index in [0.717, 1.165) is 30.9 Å². The third-order valence-electron chi connectivity index (χ3n) is 3.74. The molecule has 0 saturated carbocycles. The number of nitrogens with one attached hydrogen (secondary N) is 1. The number of rotatable bonds is 3. The molecule has 19 heavy (non-hydrogen) atoms. The molecule has 1 aliphatic carbocycles. The Balaban J connectivity index is 1.80. The van der Waals surface area contributed by atoms with Gasteiger partial charge >= 0.3 is 0 Å². The van der Waals surface area contributed by atoms with E-state index in [2.05, 4.69) is 30.2 Å². The molecule has 0 fully saturated rings. The molecule has 0 spiro atoms. The Morgan fingerprint density at radius 3 is 3.11 bits per heavy atom. The van der Waals surface area contributed by atoms with Crippen molar-refractivity contribution in [2.75, 3.05) is 0 Å². The van der Waals surface area contributed by atoms with Gasteiger partial charge in [-0.15, -0.1) is 11.3 Å². The van der Waals surface area contributed by atoms with E-state index < -0.39 is 0 Å². The fourth-order valence-corrected chi connectivity index (χ4v) is 3.47. The van der Waals surface area contributed by atoms with Crippen molar-refractivity contribution in [2.24, 2.45) is 5.41 Å². The second-order valence-corrected chi connectivity index (χ2v) is 7.15. The average molecular weight is 276 g/mol. The van der Waals surface area contributed by atoms with Crippen LogP contribution in [0.1, 0.15) is 48.3 Å². The Hall–Kier alpha value is -1.13. The fraction of sp³-hybridized carbons (Fsp3) is 0.533. The predicted molar refractivity (Wildman–Crippen MR) is 77.2 cm³/mol. The highest BCUT2D eigenvalue weighted by molar-refractivity contribution is 7.09. The van der Waals surface area contributed by atoms with Gasteiger partial charge in [-0.2, -0.15) is 0 Å². The molecule has 2 aromatic rings. The Labute approximate surface area is 118 Å². The summed E-state index contributed by atoms with van der Waals surface area (Å²) in [6.07, 6.45) is 4.12. The molecule has 3 rings (SSSR count). The zero-order valence-electron chi connectivity index (χ0n) is 11.7. The third kappa shape index (κ3) is 2.74. The summed E-state index contributed by atoms with van der Waals surface area (Å²) in [5.41, 5.74) is 3.53. The maximum atomic E-state index is 5.86. The molecule has 0 saturated heterocycles. The van der Waals surface area contributed by atoms with Crippen LogP contribution in [0.25, 0.3) is 0 Å². The highest BCUT2D eigenvalue weighted by Crippen LogP contribution is 2.42. The van der Waals surface area contributed by atoms with Gasteiger partial charge in [-0.05, 0) is 24.8 Å². The first-order valence-electron chi connectivity index (χ1n) is 6.73. The number of fused-ring (bicyclic) bond motifs is 1. The second kappa shape index (κ2) is 4.76. The highest BCUT2D eigenvalue weighted by atomic mass is 32.1. The monoisotopic (exact) mass is 276 g/mol. The van der Waals surface area contributed by atoms with Crippen LogP contribution in [0.4, 0.5) is 0 Å². The van der Waals surface area contributed by atoms with Crippen LogP contribution in [0.5, 0.6) is 0 Å². The molecule has 0 aliphatic heterocycles. The van der Waals surface area contributed by atoms with Crippen LogP contribution >= 0.6 is 11.3 Å². The van der Waals surface area contributed by atoms with E-state index in [-0.39, 0.29) is 0 Å². The first-order chi connectivity index (χ1) is 9.03. The summed E-state index contributed by atoms with van der Waals surface area (Å²) in [5, 5.41) is 3.66. The summed E-state index contributed by atoms with van der Waals surface area (Å²) in [5.74, 6) is 2.18. The first kappa shape index (κ1) is 12.9. The third-order valence-corrected chi connectivity index (χ3v) is 4.52. The molecule has 4 heteroatoms. The molecule has 0 aromatic carbocycles. The topological polar surface area (TPSA) is 38.1 Å². The standard InChI is InChI=1S/C15H20N2OS/c1-10-4-12-13(17-8-11-7-16-9-19-11)5-15(2,3)6-14(12)18-10/h4,7,9,13,17H,5-6,8H2,1-3H3. The molecule has 1 unspecified atom stereocenters. The number of aryl methyl sites for hydroxylation is 1. The van der Waals surface area contributed by atoms with Crippen molar-refractivity contribution in [3.63, 3.8) is 0 Å². The van der Waals surface area contributed by atoms with E-state index in [1.165, 1.54) is 10.4 Å². The number of furan rings is 1. The molecule has 0 radical (unpaired) electrons. The minimum Gasteiger partial charge on any atom is -0.466 e. The molecule has 0 amide bonds. The van der Waals surface area contributed by atoms with E-state index in [1.54, 1.807) is 11.3 Å². The van der Waals surface area contributed by atoms with Gasteiger partial charge in [0.1, 0.15) is 11.5 Å². The van der Waals surface area contributed by atoms with Crippen LogP contribution in [0, 0.1) is 12.3 Å². The molecule has 1 aliphatic rings. The number of aromatic nitrogens is 1. The van der Waals surface area contributed by atoms with Crippen LogP contribution in [0.3, 0.4) is 0 Å². The number of thiazole rings is 1. The molecular formula is C15H20N2OS. The van der Waals surface area contributed by atoms with E-state index in [0.29, 0.717) is 11.5 Å². The molecule has 2 heterocycles. The molecular weight excluding hydrogens is 256 g/mol. The largest absolute Gasteiger partial charge is 0.466 e. The summed E-state index contributed by atoms with van der Waals surface area (Å²) in [4.78, 5) is 5.41. The van der Waals surface area contributed by atoms with Gasteiger partial charge in [0, 0.05) is 35.6 Å². The SMILES string of the molecule is Cc1cc2c(o1)CC(C)(C)CC2NCc1cncs1. The van der Waals surface area contributed by atoms with Gasteiger partial charge in [-0.25, -0.2) is 0 Å². The van der Waals surface area contributed by atoms with Crippen molar-refractivity contribution >= 4 is 11.3 Å². The Morgan fingerprint density at radius 2 is 2.37 bits per heavy atom. The van der Waals surface area contributed by atoms with Gasteiger partial charge in [0.05, 0.1) is 5.51 Å². The van der Waals surface area contributed by atoms with Crippen molar-refractivity contribution in [3.8, 4) is 0 Å². The summed E-state index contributed by atoms with van der Waals surface area (Å²) in [6, 6.07) is 2.58. The normalized spacial score (nSPS) is 21.3. The maximum absolute atomic E-state index is 5.86. The average Bonchev–Trinajstić information content (AvgIpc) is 2.93. The van der Waals surface area contributed by atoms with Crippen molar-refractivity contribution in [1.29, 1.82) is 0 Å². The highest BCUT2D eigenvalue weighted by Gasteiger charge is 2.34. The molecule has 1 atom stereocenters. The van der Waals surface area contributed by atoms with Gasteiger partial charge < -0.3 is 9.73 Å². The lowest BCUT2D eigenvalue weighted by Gasteiger charge is -2.34. The van der Waals surface area contributed by atoms with E-state index in [9.17, 15) is 0 Å². The van der Waals surface area contributed by atoms with Crippen LogP contribution in [0.15, 0.2) is 22.2 Å². The summed E-state index contributed by atoms with van der Waals surface area (Å²) < 4.78 is 5.86. The second-order valence-electron chi connectivity index (χ2n) is 6.18. The lowest BCUT2D eigenvalue weighted by Crippen LogP contribution is -2.32. The van der Waals surface area contributed by atoms with Gasteiger partial charge in [0.15, 0.2) is 0 Å². The summed E-state index contributed by atoms with van der Waals surface area (Å²) in [7, 11) is 0. The molecule has 2 aromatic heterocycles. The molecule has 3 nitrogen and oxygen atoms in total. The summed E-state index contributed by atoms with van der Waals surface area (Å²) in [6.45, 7) is 7.55. The summed E-state index contributed by atoms with van der Waals surface area (Å²) >= 11 is 1.70. The van der Waals surface area contributed by atoms with Gasteiger partial charge in [0.2, 0.25) is 0 Å². The zero-order valence-corrected chi connectivity index (χ0v) is 12.5. The fourth-order valence-electron chi connectivity index (χ4n) is 2.92. The van der Waals surface area contributed by atoms with Crippen molar-refractivity contribution < 1.29 is 4.42 Å². The van der Waals surface area contributed by atoms with Crippen LogP contribution in [-0.4, -0.2) is 4.98 Å². The predicted octanol–water partition coefficient (Wildman–Crippen LogP) is 3.85. The number of hydrogen-bond donors (Lipinski definition) is 1. The Morgan fingerprint density at radius 1 is 1.53 bits per heavy atom. The first-order valence-corrected chi connectivity index (χ1v) is 7.61.